The molecule has 19 heavy (non-hydrogen) atoms. The monoisotopic (exact) mass is 292 g/mol. The standard InChI is InChI=1S/C12H24N2O4S/c1-9(2)8-11(12(15)16)13-19(17,18)14-6-4-10(3)5-7-14/h9-11,13H,4-8H2,1-3H3,(H,15,16)/t11-/m1/s1. The molecule has 0 bridgehead atoms. The lowest BCUT2D eigenvalue weighted by Crippen LogP contribution is -2.97. The highest BCUT2D eigenvalue weighted by molar-refractivity contribution is 7.82. The minimum Gasteiger partial charge on any atom is -0.544 e. The van der Waals surface area contributed by atoms with E-state index in [0.717, 1.165) is 17.6 Å². The average molecular weight is 292 g/mol. The zero-order valence-corrected chi connectivity index (χ0v) is 12.6. The molecule has 1 rings (SSSR count). The third-order valence-corrected chi connectivity index (χ3v) is 5.22. The normalized spacial score (nSPS) is 20.6. The van der Waals surface area contributed by atoms with Crippen molar-refractivity contribution in [3.05, 3.63) is 0 Å². The molecule has 112 valence electrons. The van der Waals surface area contributed by atoms with Crippen LogP contribution in [0.3, 0.4) is 0 Å². The van der Waals surface area contributed by atoms with Crippen LogP contribution in [-0.4, -0.2) is 37.8 Å². The van der Waals surface area contributed by atoms with Crippen LogP contribution in [0.2, 0.25) is 0 Å². The van der Waals surface area contributed by atoms with Gasteiger partial charge in [-0.05, 0) is 24.7 Å². The highest BCUT2D eigenvalue weighted by atomic mass is 32.2. The first-order valence-corrected chi connectivity index (χ1v) is 8.28. The van der Waals surface area contributed by atoms with Gasteiger partial charge in [0.05, 0.1) is 0 Å². The fourth-order valence-corrected chi connectivity index (χ4v) is 3.78. The van der Waals surface area contributed by atoms with Gasteiger partial charge in [-0.1, -0.05) is 20.8 Å². The van der Waals surface area contributed by atoms with Crippen LogP contribution in [0.1, 0.15) is 40.0 Å². The number of carboxylic acids is 1. The number of carboxylic acid groups (broad SMARTS) is 1. The van der Waals surface area contributed by atoms with Gasteiger partial charge in [0.2, 0.25) is 0 Å². The zero-order chi connectivity index (χ0) is 14.6. The molecular formula is C12H24N2O4S. The summed E-state index contributed by atoms with van der Waals surface area (Å²) in [6, 6.07) is -1.04. The number of hydrogen-bond donors (Lipinski definition) is 1. The Bertz CT molecular complexity index is 400. The summed E-state index contributed by atoms with van der Waals surface area (Å²) in [7, 11) is -3.61. The number of piperidine rings is 1. The predicted molar refractivity (Wildman–Crippen MR) is 69.1 cm³/mol. The smallest absolute Gasteiger partial charge is 0.369 e. The number of nitrogens with two attached hydrogens (primary N) is 1. The molecule has 0 aromatic carbocycles. The molecule has 1 fully saturated rings. The van der Waals surface area contributed by atoms with E-state index >= 15 is 0 Å². The molecule has 0 unspecified atom stereocenters. The minimum absolute atomic E-state index is 0.107. The van der Waals surface area contributed by atoms with E-state index in [2.05, 4.69) is 6.92 Å². The summed E-state index contributed by atoms with van der Waals surface area (Å²) < 4.78 is 26.7. The fourth-order valence-electron chi connectivity index (χ4n) is 2.25. The Labute approximate surface area is 115 Å². The van der Waals surface area contributed by atoms with Crippen LogP contribution in [0.5, 0.6) is 0 Å². The number of quaternary nitrogens is 1. The first-order chi connectivity index (χ1) is 8.72. The van der Waals surface area contributed by atoms with Gasteiger partial charge in [0, 0.05) is 19.5 Å². The van der Waals surface area contributed by atoms with E-state index in [9.17, 15) is 18.3 Å². The lowest BCUT2D eigenvalue weighted by atomic mass is 10.0. The molecule has 0 radical (unpaired) electrons. The Morgan fingerprint density at radius 2 is 1.89 bits per heavy atom. The molecule has 7 heteroatoms. The number of carbonyl (C=O) groups excluding carboxylic acids is 1. The number of rotatable bonds is 6. The van der Waals surface area contributed by atoms with Crippen molar-refractivity contribution in [2.75, 3.05) is 13.1 Å². The van der Waals surface area contributed by atoms with Crippen LogP contribution in [0.25, 0.3) is 0 Å². The molecule has 0 spiro atoms. The van der Waals surface area contributed by atoms with Crippen LogP contribution < -0.4 is 9.83 Å². The van der Waals surface area contributed by atoms with Crippen molar-refractivity contribution < 1.29 is 23.0 Å². The molecule has 1 heterocycles. The molecule has 1 atom stereocenters. The maximum Gasteiger partial charge on any atom is 0.369 e. The highest BCUT2D eigenvalue weighted by Gasteiger charge is 2.32. The molecule has 0 aromatic rings. The first kappa shape index (κ1) is 16.4. The van der Waals surface area contributed by atoms with Crippen molar-refractivity contribution in [3.63, 3.8) is 0 Å². The summed E-state index contributed by atoms with van der Waals surface area (Å²) in [6.07, 6.45) is 1.94. The number of carbonyl (C=O) groups is 1. The zero-order valence-electron chi connectivity index (χ0n) is 11.8. The van der Waals surface area contributed by atoms with Gasteiger partial charge in [-0.25, -0.2) is 4.72 Å². The predicted octanol–water partition coefficient (Wildman–Crippen LogP) is -1.31. The Hall–Kier alpha value is -0.660. The van der Waals surface area contributed by atoms with Gasteiger partial charge in [-0.2, -0.15) is 12.7 Å². The highest BCUT2D eigenvalue weighted by Crippen LogP contribution is 2.17. The van der Waals surface area contributed by atoms with Crippen molar-refractivity contribution in [1.82, 2.24) is 4.31 Å². The lowest BCUT2D eigenvalue weighted by Gasteiger charge is -2.29. The third-order valence-electron chi connectivity index (χ3n) is 3.47. The second kappa shape index (κ2) is 6.67. The summed E-state index contributed by atoms with van der Waals surface area (Å²) >= 11 is 0. The molecule has 1 saturated heterocycles. The van der Waals surface area contributed by atoms with E-state index in [4.69, 9.17) is 0 Å². The molecule has 1 aliphatic heterocycles. The van der Waals surface area contributed by atoms with Crippen molar-refractivity contribution in [2.24, 2.45) is 11.8 Å². The maximum atomic E-state index is 12.2. The van der Waals surface area contributed by atoms with Gasteiger partial charge < -0.3 is 9.90 Å². The number of nitrogens with zero attached hydrogens (tertiary/aromatic N) is 1. The van der Waals surface area contributed by atoms with E-state index in [1.807, 2.05) is 13.8 Å². The number of hydrogen-bond acceptors (Lipinski definition) is 4. The van der Waals surface area contributed by atoms with Gasteiger partial charge in [0.25, 0.3) is 0 Å². The second-order valence-electron chi connectivity index (χ2n) is 5.82. The van der Waals surface area contributed by atoms with Crippen molar-refractivity contribution >= 4 is 16.2 Å². The van der Waals surface area contributed by atoms with Gasteiger partial charge >= 0.3 is 10.2 Å². The van der Waals surface area contributed by atoms with E-state index in [0.29, 0.717) is 19.0 Å². The number of aliphatic carboxylic acids is 1. The van der Waals surface area contributed by atoms with Gasteiger partial charge in [0.1, 0.15) is 12.0 Å². The average Bonchev–Trinajstić information content (AvgIpc) is 2.27. The van der Waals surface area contributed by atoms with Crippen molar-refractivity contribution in [1.29, 1.82) is 0 Å². The van der Waals surface area contributed by atoms with E-state index in [1.54, 1.807) is 0 Å². The van der Waals surface area contributed by atoms with Gasteiger partial charge in [0.15, 0.2) is 0 Å². The molecule has 6 nitrogen and oxygen atoms in total. The minimum atomic E-state index is -3.61. The molecule has 0 amide bonds. The van der Waals surface area contributed by atoms with E-state index in [1.165, 1.54) is 4.31 Å². The lowest BCUT2D eigenvalue weighted by molar-refractivity contribution is -0.546. The maximum absolute atomic E-state index is 12.2. The summed E-state index contributed by atoms with van der Waals surface area (Å²) in [6.45, 7) is 6.76. The van der Waals surface area contributed by atoms with Crippen LogP contribution >= 0.6 is 0 Å². The molecule has 2 N–H and O–H groups in total. The van der Waals surface area contributed by atoms with Crippen LogP contribution in [0.4, 0.5) is 0 Å². The Kier molecular flexibility index (Phi) is 5.76. The summed E-state index contributed by atoms with van der Waals surface area (Å²) in [5, 5.41) is 11.0. The third kappa shape index (κ3) is 5.08. The largest absolute Gasteiger partial charge is 0.544 e. The second-order valence-corrected chi connectivity index (χ2v) is 7.64. The van der Waals surface area contributed by atoms with Crippen molar-refractivity contribution in [2.45, 2.75) is 46.1 Å². The molecule has 0 saturated carbocycles. The quantitative estimate of drug-likeness (QED) is 0.658. The summed E-state index contributed by atoms with van der Waals surface area (Å²) in [5.41, 5.74) is 0. The van der Waals surface area contributed by atoms with Crippen LogP contribution in [0, 0.1) is 11.8 Å². The first-order valence-electron chi connectivity index (χ1n) is 6.78. The van der Waals surface area contributed by atoms with Crippen LogP contribution in [-0.2, 0) is 15.0 Å². The van der Waals surface area contributed by atoms with E-state index in [-0.39, 0.29) is 12.3 Å². The molecule has 0 aliphatic carbocycles. The SMILES string of the molecule is CC(C)C[C@@H]([NH2+]S(=O)(=O)N1CCC(C)CC1)C(=O)[O-]. The Morgan fingerprint density at radius 1 is 1.37 bits per heavy atom. The molecule has 0 aromatic heterocycles. The Balaban J connectivity index is 2.68. The van der Waals surface area contributed by atoms with Crippen molar-refractivity contribution in [3.8, 4) is 0 Å². The fraction of sp³-hybridized carbons (Fsp3) is 0.917. The van der Waals surface area contributed by atoms with Gasteiger partial charge in [-0.15, -0.1) is 0 Å². The van der Waals surface area contributed by atoms with E-state index < -0.39 is 22.2 Å². The topological polar surface area (TPSA) is 94.1 Å². The van der Waals surface area contributed by atoms with Crippen LogP contribution in [0.15, 0.2) is 0 Å². The molecule has 1 aliphatic rings. The Morgan fingerprint density at radius 3 is 2.32 bits per heavy atom. The molecular weight excluding hydrogens is 268 g/mol. The summed E-state index contributed by atoms with van der Waals surface area (Å²) in [5.74, 6) is -0.683. The summed E-state index contributed by atoms with van der Waals surface area (Å²) in [4.78, 5) is 11.0. The van der Waals surface area contributed by atoms with Gasteiger partial charge in [-0.3, -0.25) is 0 Å².